The first kappa shape index (κ1) is 17.0. The standard InChI is InChI=1S/C20H18ClN3O/c21-18-8-4-3-7-16(18)12-17(19(25)24-20(22)23)15-10-9-13-5-1-2-6-14(13)11-15/h1-11,17H,12H2,(H4,22,23,24,25)/t17-/m1/s1. The van der Waals surface area contributed by atoms with Gasteiger partial charge in [-0.2, -0.15) is 4.99 Å². The molecule has 0 aromatic heterocycles. The maximum absolute atomic E-state index is 12.6. The van der Waals surface area contributed by atoms with Gasteiger partial charge in [0.2, 0.25) is 0 Å². The van der Waals surface area contributed by atoms with E-state index in [0.29, 0.717) is 11.4 Å². The number of rotatable bonds is 4. The number of amides is 1. The quantitative estimate of drug-likeness (QED) is 0.556. The third-order valence-electron chi connectivity index (χ3n) is 4.10. The van der Waals surface area contributed by atoms with E-state index < -0.39 is 5.92 Å². The predicted octanol–water partition coefficient (Wildman–Crippen LogP) is 3.62. The van der Waals surface area contributed by atoms with Gasteiger partial charge in [0.1, 0.15) is 0 Å². The molecule has 0 aliphatic heterocycles. The van der Waals surface area contributed by atoms with Crippen LogP contribution in [0.1, 0.15) is 17.0 Å². The summed E-state index contributed by atoms with van der Waals surface area (Å²) < 4.78 is 0. The first-order chi connectivity index (χ1) is 12.0. The van der Waals surface area contributed by atoms with Crippen molar-refractivity contribution in [2.24, 2.45) is 16.5 Å². The Bertz CT molecular complexity index is 948. The van der Waals surface area contributed by atoms with Gasteiger partial charge in [0.15, 0.2) is 5.96 Å². The SMILES string of the molecule is NC(N)=NC(=O)[C@H](Cc1ccccc1Cl)c1ccc2ccccc2c1. The van der Waals surface area contributed by atoms with E-state index in [0.717, 1.165) is 21.9 Å². The third-order valence-corrected chi connectivity index (χ3v) is 4.46. The number of carbonyl (C=O) groups excluding carboxylic acids is 1. The van der Waals surface area contributed by atoms with Gasteiger partial charge < -0.3 is 11.5 Å². The lowest BCUT2D eigenvalue weighted by atomic mass is 9.90. The van der Waals surface area contributed by atoms with Gasteiger partial charge in [-0.1, -0.05) is 72.3 Å². The first-order valence-electron chi connectivity index (χ1n) is 7.90. The van der Waals surface area contributed by atoms with Crippen LogP contribution >= 0.6 is 11.6 Å². The van der Waals surface area contributed by atoms with Crippen LogP contribution in [-0.4, -0.2) is 11.9 Å². The molecule has 0 saturated heterocycles. The summed E-state index contributed by atoms with van der Waals surface area (Å²) >= 11 is 6.26. The number of guanidine groups is 1. The van der Waals surface area contributed by atoms with Gasteiger partial charge in [-0.15, -0.1) is 0 Å². The Balaban J connectivity index is 2.04. The molecule has 4 nitrogen and oxygen atoms in total. The predicted molar refractivity (Wildman–Crippen MR) is 103 cm³/mol. The molecule has 3 aromatic carbocycles. The van der Waals surface area contributed by atoms with Crippen LogP contribution in [0.15, 0.2) is 71.7 Å². The molecule has 0 radical (unpaired) electrons. The fraction of sp³-hybridized carbons (Fsp3) is 0.100. The zero-order chi connectivity index (χ0) is 17.8. The van der Waals surface area contributed by atoms with Crippen LogP contribution in [0.2, 0.25) is 5.02 Å². The zero-order valence-electron chi connectivity index (χ0n) is 13.5. The Kier molecular flexibility index (Phi) is 5.00. The van der Waals surface area contributed by atoms with E-state index >= 15 is 0 Å². The van der Waals surface area contributed by atoms with Crippen LogP contribution in [0.5, 0.6) is 0 Å². The summed E-state index contributed by atoms with van der Waals surface area (Å²) in [6.07, 6.45) is 0.424. The summed E-state index contributed by atoms with van der Waals surface area (Å²) in [4.78, 5) is 16.4. The number of hydrogen-bond donors (Lipinski definition) is 2. The molecule has 0 aliphatic carbocycles. The number of halogens is 1. The highest BCUT2D eigenvalue weighted by Crippen LogP contribution is 2.28. The Labute approximate surface area is 151 Å². The average molecular weight is 352 g/mol. The maximum Gasteiger partial charge on any atom is 0.256 e. The molecule has 3 aromatic rings. The first-order valence-corrected chi connectivity index (χ1v) is 8.28. The van der Waals surface area contributed by atoms with E-state index in [9.17, 15) is 4.79 Å². The summed E-state index contributed by atoms with van der Waals surface area (Å²) in [6, 6.07) is 21.4. The Hall–Kier alpha value is -2.85. The largest absolute Gasteiger partial charge is 0.370 e. The molecule has 5 heteroatoms. The number of carbonyl (C=O) groups is 1. The van der Waals surface area contributed by atoms with Crippen molar-refractivity contribution >= 4 is 34.2 Å². The number of fused-ring (bicyclic) bond motifs is 1. The molecule has 0 saturated carbocycles. The van der Waals surface area contributed by atoms with Gasteiger partial charge >= 0.3 is 0 Å². The van der Waals surface area contributed by atoms with E-state index in [-0.39, 0.29) is 11.9 Å². The second-order valence-electron chi connectivity index (χ2n) is 5.83. The summed E-state index contributed by atoms with van der Waals surface area (Å²) in [5, 5.41) is 2.78. The second kappa shape index (κ2) is 7.36. The molecule has 0 fully saturated rings. The molecule has 0 spiro atoms. The Morgan fingerprint density at radius 3 is 2.36 bits per heavy atom. The molecule has 3 rings (SSSR count). The van der Waals surface area contributed by atoms with Crippen molar-refractivity contribution in [2.75, 3.05) is 0 Å². The van der Waals surface area contributed by atoms with Crippen LogP contribution in [0.3, 0.4) is 0 Å². The molecule has 0 bridgehead atoms. The van der Waals surface area contributed by atoms with Gasteiger partial charge in [-0.3, -0.25) is 4.79 Å². The number of nitrogens with two attached hydrogens (primary N) is 2. The number of benzene rings is 3. The summed E-state index contributed by atoms with van der Waals surface area (Å²) in [5.74, 6) is -1.13. The molecule has 4 N–H and O–H groups in total. The lowest BCUT2D eigenvalue weighted by Gasteiger charge is -2.16. The summed E-state index contributed by atoms with van der Waals surface area (Å²) in [7, 11) is 0. The van der Waals surface area contributed by atoms with Crippen molar-refractivity contribution in [1.82, 2.24) is 0 Å². The normalized spacial score (nSPS) is 11.9. The molecular weight excluding hydrogens is 334 g/mol. The Morgan fingerprint density at radius 1 is 0.960 bits per heavy atom. The topological polar surface area (TPSA) is 81.5 Å². The lowest BCUT2D eigenvalue weighted by Crippen LogP contribution is -2.26. The second-order valence-corrected chi connectivity index (χ2v) is 6.24. The minimum absolute atomic E-state index is 0.241. The highest BCUT2D eigenvalue weighted by Gasteiger charge is 2.22. The maximum atomic E-state index is 12.6. The monoisotopic (exact) mass is 351 g/mol. The van der Waals surface area contributed by atoms with Gasteiger partial charge in [0.05, 0.1) is 5.92 Å². The van der Waals surface area contributed by atoms with Gasteiger partial charge in [0, 0.05) is 5.02 Å². The molecule has 0 heterocycles. The van der Waals surface area contributed by atoms with Crippen LogP contribution < -0.4 is 11.5 Å². The van der Waals surface area contributed by atoms with Crippen LogP contribution in [0, 0.1) is 0 Å². The minimum Gasteiger partial charge on any atom is -0.370 e. The fourth-order valence-electron chi connectivity index (χ4n) is 2.86. The van der Waals surface area contributed by atoms with Crippen molar-refractivity contribution in [3.8, 4) is 0 Å². The van der Waals surface area contributed by atoms with Crippen molar-refractivity contribution < 1.29 is 4.79 Å². The van der Waals surface area contributed by atoms with Crippen LogP contribution in [-0.2, 0) is 11.2 Å². The molecule has 126 valence electrons. The van der Waals surface area contributed by atoms with Gasteiger partial charge in [0.25, 0.3) is 5.91 Å². The van der Waals surface area contributed by atoms with Gasteiger partial charge in [-0.05, 0) is 34.4 Å². The Morgan fingerprint density at radius 2 is 1.64 bits per heavy atom. The van der Waals surface area contributed by atoms with Crippen molar-refractivity contribution in [2.45, 2.75) is 12.3 Å². The van der Waals surface area contributed by atoms with Crippen LogP contribution in [0.25, 0.3) is 10.8 Å². The van der Waals surface area contributed by atoms with E-state index in [4.69, 9.17) is 23.1 Å². The average Bonchev–Trinajstić information content (AvgIpc) is 2.60. The van der Waals surface area contributed by atoms with Crippen molar-refractivity contribution in [3.63, 3.8) is 0 Å². The number of nitrogens with zero attached hydrogens (tertiary/aromatic N) is 1. The highest BCUT2D eigenvalue weighted by molar-refractivity contribution is 6.31. The molecular formula is C20H18ClN3O. The molecule has 0 unspecified atom stereocenters. The highest BCUT2D eigenvalue weighted by atomic mass is 35.5. The summed E-state index contributed by atoms with van der Waals surface area (Å²) in [5.41, 5.74) is 12.5. The van der Waals surface area contributed by atoms with Gasteiger partial charge in [-0.25, -0.2) is 0 Å². The smallest absolute Gasteiger partial charge is 0.256 e. The molecule has 1 atom stereocenters. The van der Waals surface area contributed by atoms with E-state index in [1.54, 1.807) is 6.07 Å². The van der Waals surface area contributed by atoms with Crippen molar-refractivity contribution in [3.05, 3.63) is 82.9 Å². The zero-order valence-corrected chi connectivity index (χ0v) is 14.3. The van der Waals surface area contributed by atoms with Crippen molar-refractivity contribution in [1.29, 1.82) is 0 Å². The fourth-order valence-corrected chi connectivity index (χ4v) is 3.07. The van der Waals surface area contributed by atoms with E-state index in [2.05, 4.69) is 4.99 Å². The molecule has 1 amide bonds. The minimum atomic E-state index is -0.508. The number of aliphatic imine (C=N–C) groups is 1. The molecule has 25 heavy (non-hydrogen) atoms. The van der Waals surface area contributed by atoms with E-state index in [1.165, 1.54) is 0 Å². The summed E-state index contributed by atoms with van der Waals surface area (Å²) in [6.45, 7) is 0. The van der Waals surface area contributed by atoms with E-state index in [1.807, 2.05) is 60.7 Å². The lowest BCUT2D eigenvalue weighted by molar-refractivity contribution is -0.119. The number of hydrogen-bond acceptors (Lipinski definition) is 1. The molecule has 0 aliphatic rings. The third kappa shape index (κ3) is 3.98. The van der Waals surface area contributed by atoms with Crippen LogP contribution in [0.4, 0.5) is 0 Å².